The van der Waals surface area contributed by atoms with Crippen LogP contribution in [0.15, 0.2) is 66.4 Å². The van der Waals surface area contributed by atoms with E-state index in [9.17, 15) is 9.59 Å². The van der Waals surface area contributed by atoms with E-state index in [0.717, 1.165) is 67.8 Å². The molecular formula is C34H46N8O2. The van der Waals surface area contributed by atoms with Gasteiger partial charge in [-0.3, -0.25) is 14.6 Å². The molecule has 10 heteroatoms. The van der Waals surface area contributed by atoms with Crippen LogP contribution in [-0.2, 0) is 6.54 Å². The number of anilines is 1. The number of benzene rings is 2. The molecule has 6 rings (SSSR count). The highest BCUT2D eigenvalue weighted by molar-refractivity contribution is 5.97. The molecule has 0 aliphatic carbocycles. The van der Waals surface area contributed by atoms with E-state index in [1.54, 1.807) is 4.90 Å². The smallest absolute Gasteiger partial charge is 0.327 e. The summed E-state index contributed by atoms with van der Waals surface area (Å²) in [6, 6.07) is 17.1. The van der Waals surface area contributed by atoms with Crippen LogP contribution >= 0.6 is 0 Å². The average molecular weight is 599 g/mol. The zero-order chi connectivity index (χ0) is 30.6. The topological polar surface area (TPSA) is 132 Å². The Morgan fingerprint density at radius 2 is 1.61 bits per heavy atom. The van der Waals surface area contributed by atoms with Crippen LogP contribution in [0.25, 0.3) is 5.70 Å². The third-order valence-corrected chi connectivity index (χ3v) is 9.58. The van der Waals surface area contributed by atoms with Gasteiger partial charge in [0.25, 0.3) is 5.91 Å². The number of nitrogens with one attached hydrogen (secondary N) is 3. The van der Waals surface area contributed by atoms with Crippen molar-refractivity contribution in [1.29, 1.82) is 0 Å². The van der Waals surface area contributed by atoms with Crippen LogP contribution in [0.4, 0.5) is 10.5 Å². The second-order valence-corrected chi connectivity index (χ2v) is 12.6. The molecule has 0 radical (unpaired) electrons. The van der Waals surface area contributed by atoms with Gasteiger partial charge in [0.1, 0.15) is 6.17 Å². The van der Waals surface area contributed by atoms with Crippen molar-refractivity contribution in [3.05, 3.63) is 83.1 Å². The van der Waals surface area contributed by atoms with Gasteiger partial charge in [-0.2, -0.15) is 0 Å². The molecule has 4 aliphatic rings. The zero-order valence-electron chi connectivity index (χ0n) is 25.7. The number of carbonyl (C=O) groups excluding carboxylic acids is 2. The summed E-state index contributed by atoms with van der Waals surface area (Å²) in [5.41, 5.74) is 17.0. The van der Waals surface area contributed by atoms with Crippen LogP contribution in [-0.4, -0.2) is 79.3 Å². The first-order valence-corrected chi connectivity index (χ1v) is 16.1. The van der Waals surface area contributed by atoms with Gasteiger partial charge in [0.15, 0.2) is 0 Å². The Morgan fingerprint density at radius 3 is 2.25 bits per heavy atom. The van der Waals surface area contributed by atoms with Gasteiger partial charge in [-0.05, 0) is 113 Å². The molecule has 0 spiro atoms. The molecule has 4 aliphatic heterocycles. The summed E-state index contributed by atoms with van der Waals surface area (Å²) in [5, 5.41) is 9.75. The van der Waals surface area contributed by atoms with Crippen LogP contribution in [0.2, 0.25) is 0 Å². The lowest BCUT2D eigenvalue weighted by Crippen LogP contribution is -2.51. The Bertz CT molecular complexity index is 1370. The van der Waals surface area contributed by atoms with Crippen LogP contribution in [0.1, 0.15) is 60.0 Å². The van der Waals surface area contributed by atoms with E-state index >= 15 is 0 Å². The summed E-state index contributed by atoms with van der Waals surface area (Å²) in [6.07, 6.45) is 10.1. The molecule has 2 saturated heterocycles. The molecule has 44 heavy (non-hydrogen) atoms. The fraction of sp³-hybridized carbons (Fsp3) is 0.471. The highest BCUT2D eigenvalue weighted by atomic mass is 16.2. The summed E-state index contributed by atoms with van der Waals surface area (Å²) < 4.78 is 0. The van der Waals surface area contributed by atoms with E-state index in [2.05, 4.69) is 51.0 Å². The fourth-order valence-electron chi connectivity index (χ4n) is 7.04. The first-order chi connectivity index (χ1) is 21.4. The number of amides is 3. The third kappa shape index (κ3) is 6.68. The van der Waals surface area contributed by atoms with Crippen molar-refractivity contribution < 1.29 is 9.59 Å². The Labute approximate surface area is 260 Å². The van der Waals surface area contributed by atoms with E-state index in [1.165, 1.54) is 18.4 Å². The highest BCUT2D eigenvalue weighted by Crippen LogP contribution is 2.34. The van der Waals surface area contributed by atoms with Gasteiger partial charge in [-0.25, -0.2) is 4.79 Å². The lowest BCUT2D eigenvalue weighted by molar-refractivity contribution is 0.0882. The van der Waals surface area contributed by atoms with Crippen molar-refractivity contribution in [3.8, 4) is 0 Å². The summed E-state index contributed by atoms with van der Waals surface area (Å²) in [5.74, 6) is -0.0111. The minimum Gasteiger partial charge on any atom is -0.361 e. The summed E-state index contributed by atoms with van der Waals surface area (Å²) >= 11 is 0. The molecule has 4 heterocycles. The van der Waals surface area contributed by atoms with Crippen molar-refractivity contribution in [2.45, 2.75) is 69.4 Å². The van der Waals surface area contributed by atoms with E-state index in [1.807, 2.05) is 42.6 Å². The monoisotopic (exact) mass is 598 g/mol. The van der Waals surface area contributed by atoms with E-state index < -0.39 is 0 Å². The Hall–Kier alpha value is -3.70. The molecular weight excluding hydrogens is 552 g/mol. The molecule has 2 aromatic rings. The maximum atomic E-state index is 13.1. The second kappa shape index (κ2) is 13.5. The van der Waals surface area contributed by atoms with Crippen molar-refractivity contribution in [2.75, 3.05) is 38.1 Å². The van der Waals surface area contributed by atoms with Gasteiger partial charge in [0.2, 0.25) is 0 Å². The summed E-state index contributed by atoms with van der Waals surface area (Å²) in [7, 11) is 2.21. The van der Waals surface area contributed by atoms with Gasteiger partial charge >= 0.3 is 6.03 Å². The standard InChI is InChI=1S/C34H46N8O2/c1-40-29-12-13-30(40)20-27(19-29)37-33(43)25-8-6-24(7-9-25)31-18-26-22-42(34(44)39-32(26)38-31)28-10-4-23(5-11-28)21-41(16-2-14-35)17-3-15-36/h4-11,18,22,27,29-30,32,38H,2-3,12-17,19-21,35-36H2,1H3,(H,37,43)(H,39,44). The zero-order valence-corrected chi connectivity index (χ0v) is 25.7. The third-order valence-electron chi connectivity index (χ3n) is 9.58. The molecule has 234 valence electrons. The maximum Gasteiger partial charge on any atom is 0.327 e. The predicted octanol–water partition coefficient (Wildman–Crippen LogP) is 2.93. The fourth-order valence-corrected chi connectivity index (χ4v) is 7.04. The van der Waals surface area contributed by atoms with Crippen molar-refractivity contribution in [3.63, 3.8) is 0 Å². The molecule has 3 atom stereocenters. The van der Waals surface area contributed by atoms with E-state index in [0.29, 0.717) is 30.7 Å². The normalized spacial score (nSPS) is 24.5. The Balaban J connectivity index is 1.08. The minimum absolute atomic E-state index is 0.0111. The second-order valence-electron chi connectivity index (χ2n) is 12.6. The molecule has 2 fully saturated rings. The highest BCUT2D eigenvalue weighted by Gasteiger charge is 2.39. The summed E-state index contributed by atoms with van der Waals surface area (Å²) in [6.45, 7) is 4.05. The van der Waals surface area contributed by atoms with Crippen molar-refractivity contribution in [2.24, 2.45) is 11.5 Å². The van der Waals surface area contributed by atoms with Crippen LogP contribution in [0, 0.1) is 0 Å². The predicted molar refractivity (Wildman–Crippen MR) is 175 cm³/mol. The average Bonchev–Trinajstić information content (AvgIpc) is 3.52. The molecule has 3 amide bonds. The number of urea groups is 1. The number of hydrogen-bond acceptors (Lipinski definition) is 7. The van der Waals surface area contributed by atoms with E-state index in [4.69, 9.17) is 11.5 Å². The van der Waals surface area contributed by atoms with Gasteiger partial charge in [0, 0.05) is 47.7 Å². The van der Waals surface area contributed by atoms with Gasteiger partial charge in [0.05, 0.1) is 5.69 Å². The number of nitrogens with two attached hydrogens (primary N) is 2. The molecule has 2 bridgehead atoms. The first-order valence-electron chi connectivity index (χ1n) is 16.1. The van der Waals surface area contributed by atoms with E-state index in [-0.39, 0.29) is 24.1 Å². The maximum absolute atomic E-state index is 13.1. The van der Waals surface area contributed by atoms with Crippen molar-refractivity contribution >= 4 is 23.3 Å². The number of carbonyl (C=O) groups is 2. The van der Waals surface area contributed by atoms with Crippen LogP contribution in [0.5, 0.6) is 0 Å². The minimum atomic E-state index is -0.297. The molecule has 2 aromatic carbocycles. The van der Waals surface area contributed by atoms with Crippen LogP contribution in [0.3, 0.4) is 0 Å². The van der Waals surface area contributed by atoms with Gasteiger partial charge < -0.3 is 32.3 Å². The molecule has 3 unspecified atom stereocenters. The van der Waals surface area contributed by atoms with Gasteiger partial charge in [-0.15, -0.1) is 0 Å². The lowest BCUT2D eigenvalue weighted by Gasteiger charge is -2.36. The number of piperidine rings is 1. The summed E-state index contributed by atoms with van der Waals surface area (Å²) in [4.78, 5) is 32.6. The quantitative estimate of drug-likeness (QED) is 0.254. The number of fused-ring (bicyclic) bond motifs is 3. The largest absolute Gasteiger partial charge is 0.361 e. The Kier molecular flexibility index (Phi) is 9.32. The number of rotatable bonds is 12. The number of hydrogen-bond donors (Lipinski definition) is 5. The first kappa shape index (κ1) is 30.3. The number of nitrogens with zero attached hydrogens (tertiary/aromatic N) is 3. The van der Waals surface area contributed by atoms with Gasteiger partial charge in [-0.1, -0.05) is 24.3 Å². The molecule has 0 aromatic heterocycles. The van der Waals surface area contributed by atoms with Crippen LogP contribution < -0.4 is 32.3 Å². The van der Waals surface area contributed by atoms with Crippen molar-refractivity contribution in [1.82, 2.24) is 25.8 Å². The molecule has 0 saturated carbocycles. The molecule has 10 nitrogen and oxygen atoms in total. The SMILES string of the molecule is CN1C2CCC1CC(NC(=O)c1ccc(C3=CC4=CN(c5ccc(CN(CCCN)CCCN)cc5)C(=O)NC4N3)cc1)C2. The lowest BCUT2D eigenvalue weighted by atomic mass is 9.97. The molecule has 7 N–H and O–H groups in total. The Morgan fingerprint density at radius 1 is 0.955 bits per heavy atom.